The topological polar surface area (TPSA) is 67.9 Å². The third-order valence-electron chi connectivity index (χ3n) is 4.62. The van der Waals surface area contributed by atoms with E-state index in [2.05, 4.69) is 5.32 Å². The Kier molecular flexibility index (Phi) is 5.11. The van der Waals surface area contributed by atoms with Crippen molar-refractivity contribution in [3.05, 3.63) is 60.2 Å². The summed E-state index contributed by atoms with van der Waals surface area (Å²) in [5, 5.41) is 2.86. The van der Waals surface area contributed by atoms with Crippen LogP contribution in [0.4, 0.5) is 4.79 Å². The molecule has 0 bridgehead atoms. The number of methoxy groups -OCH3 is 1. The Labute approximate surface area is 152 Å². The number of nitrogens with zero attached hydrogens (tertiary/aromatic N) is 1. The molecule has 0 saturated carbocycles. The van der Waals surface area contributed by atoms with Crippen molar-refractivity contribution in [1.29, 1.82) is 0 Å². The Morgan fingerprint density at radius 2 is 1.65 bits per heavy atom. The molecule has 1 atom stereocenters. The SMILES string of the molecule is CCC1(c2ccccc2)NC(=O)N(CCOc2ccc(OC)cc2)C1=O. The molecule has 0 aromatic heterocycles. The van der Waals surface area contributed by atoms with Gasteiger partial charge in [0, 0.05) is 0 Å². The van der Waals surface area contributed by atoms with Crippen LogP contribution in [0.2, 0.25) is 0 Å². The van der Waals surface area contributed by atoms with E-state index in [0.29, 0.717) is 12.2 Å². The Balaban J connectivity index is 1.67. The third-order valence-corrected chi connectivity index (χ3v) is 4.62. The second-order valence-corrected chi connectivity index (χ2v) is 6.04. The summed E-state index contributed by atoms with van der Waals surface area (Å²) in [7, 11) is 1.60. The van der Waals surface area contributed by atoms with Crippen molar-refractivity contribution >= 4 is 11.9 Å². The van der Waals surface area contributed by atoms with Crippen LogP contribution in [0.3, 0.4) is 0 Å². The zero-order valence-corrected chi connectivity index (χ0v) is 14.9. The fourth-order valence-electron chi connectivity index (χ4n) is 3.12. The minimum absolute atomic E-state index is 0.186. The van der Waals surface area contributed by atoms with Gasteiger partial charge in [0.15, 0.2) is 0 Å². The summed E-state index contributed by atoms with van der Waals surface area (Å²) in [5.74, 6) is 1.15. The largest absolute Gasteiger partial charge is 0.497 e. The lowest BCUT2D eigenvalue weighted by Gasteiger charge is -2.25. The lowest BCUT2D eigenvalue weighted by molar-refractivity contribution is -0.132. The zero-order chi connectivity index (χ0) is 18.6. The molecule has 2 aromatic rings. The minimum atomic E-state index is -1.00. The minimum Gasteiger partial charge on any atom is -0.497 e. The van der Waals surface area contributed by atoms with E-state index in [4.69, 9.17) is 9.47 Å². The second kappa shape index (κ2) is 7.47. The van der Waals surface area contributed by atoms with E-state index in [9.17, 15) is 9.59 Å². The van der Waals surface area contributed by atoms with Crippen LogP contribution in [0.25, 0.3) is 0 Å². The van der Waals surface area contributed by atoms with Crippen molar-refractivity contribution < 1.29 is 19.1 Å². The lowest BCUT2D eigenvalue weighted by Crippen LogP contribution is -2.43. The third kappa shape index (κ3) is 3.22. The smallest absolute Gasteiger partial charge is 0.325 e. The number of ether oxygens (including phenoxy) is 2. The molecule has 1 saturated heterocycles. The number of carbonyl (C=O) groups excluding carboxylic acids is 2. The molecule has 2 aromatic carbocycles. The second-order valence-electron chi connectivity index (χ2n) is 6.04. The normalized spacial score (nSPS) is 19.4. The van der Waals surface area contributed by atoms with Crippen LogP contribution in [0, 0.1) is 0 Å². The van der Waals surface area contributed by atoms with Crippen LogP contribution < -0.4 is 14.8 Å². The van der Waals surface area contributed by atoms with Gasteiger partial charge in [-0.25, -0.2) is 4.79 Å². The summed E-state index contributed by atoms with van der Waals surface area (Å²) < 4.78 is 10.7. The lowest BCUT2D eigenvalue weighted by atomic mass is 9.87. The van der Waals surface area contributed by atoms with Gasteiger partial charge in [-0.1, -0.05) is 37.3 Å². The maximum Gasteiger partial charge on any atom is 0.325 e. The molecule has 1 heterocycles. The molecule has 1 N–H and O–H groups in total. The molecule has 0 aliphatic carbocycles. The van der Waals surface area contributed by atoms with Gasteiger partial charge >= 0.3 is 6.03 Å². The van der Waals surface area contributed by atoms with Gasteiger partial charge in [0.1, 0.15) is 23.6 Å². The average molecular weight is 354 g/mol. The van der Waals surface area contributed by atoms with Crippen LogP contribution in [0.5, 0.6) is 11.5 Å². The fourth-order valence-corrected chi connectivity index (χ4v) is 3.12. The number of hydrogen-bond acceptors (Lipinski definition) is 4. The van der Waals surface area contributed by atoms with Gasteiger partial charge in [0.2, 0.25) is 0 Å². The molecule has 0 spiro atoms. The number of imide groups is 1. The molecule has 3 rings (SSSR count). The van der Waals surface area contributed by atoms with Crippen LogP contribution in [-0.4, -0.2) is 37.1 Å². The number of hydrogen-bond donors (Lipinski definition) is 1. The van der Waals surface area contributed by atoms with E-state index in [1.165, 1.54) is 4.90 Å². The highest BCUT2D eigenvalue weighted by molar-refractivity contribution is 6.07. The summed E-state index contributed by atoms with van der Waals surface area (Å²) in [6.07, 6.45) is 0.484. The molecule has 0 radical (unpaired) electrons. The van der Waals surface area contributed by atoms with E-state index >= 15 is 0 Å². The van der Waals surface area contributed by atoms with Crippen molar-refractivity contribution in [3.8, 4) is 11.5 Å². The standard InChI is InChI=1S/C20H22N2O4/c1-3-20(15-7-5-4-6-8-15)18(23)22(19(24)21-20)13-14-26-17-11-9-16(25-2)10-12-17/h4-12H,3,13-14H2,1-2H3,(H,21,24). The quantitative estimate of drug-likeness (QED) is 0.777. The molecular formula is C20H22N2O4. The Morgan fingerprint density at radius 3 is 2.27 bits per heavy atom. The van der Waals surface area contributed by atoms with E-state index in [-0.39, 0.29) is 25.1 Å². The predicted octanol–water partition coefficient (Wildman–Crippen LogP) is 2.93. The molecule has 1 aliphatic rings. The first kappa shape index (κ1) is 17.8. The highest BCUT2D eigenvalue weighted by atomic mass is 16.5. The molecule has 1 aliphatic heterocycles. The van der Waals surface area contributed by atoms with Crippen molar-refractivity contribution in [1.82, 2.24) is 10.2 Å². The Hall–Kier alpha value is -3.02. The van der Waals surface area contributed by atoms with Crippen molar-refractivity contribution in [3.63, 3.8) is 0 Å². The van der Waals surface area contributed by atoms with Gasteiger partial charge in [-0.3, -0.25) is 9.69 Å². The zero-order valence-electron chi connectivity index (χ0n) is 14.9. The number of nitrogens with one attached hydrogen (secondary N) is 1. The monoisotopic (exact) mass is 354 g/mol. The van der Waals surface area contributed by atoms with Gasteiger partial charge < -0.3 is 14.8 Å². The average Bonchev–Trinajstić information content (AvgIpc) is 2.94. The summed E-state index contributed by atoms with van der Waals surface area (Å²) >= 11 is 0. The van der Waals surface area contributed by atoms with Gasteiger partial charge in [0.25, 0.3) is 5.91 Å². The van der Waals surface area contributed by atoms with Gasteiger partial charge in [0.05, 0.1) is 13.7 Å². The number of urea groups is 1. The number of amides is 3. The molecule has 136 valence electrons. The molecule has 3 amide bonds. The van der Waals surface area contributed by atoms with Gasteiger partial charge in [-0.2, -0.15) is 0 Å². The fraction of sp³-hybridized carbons (Fsp3) is 0.300. The van der Waals surface area contributed by atoms with E-state index in [1.807, 2.05) is 37.3 Å². The van der Waals surface area contributed by atoms with Crippen molar-refractivity contribution in [2.24, 2.45) is 0 Å². The van der Waals surface area contributed by atoms with Crippen molar-refractivity contribution in [2.75, 3.05) is 20.3 Å². The predicted molar refractivity (Wildman–Crippen MR) is 97.1 cm³/mol. The molecule has 26 heavy (non-hydrogen) atoms. The Bertz CT molecular complexity index is 776. The van der Waals surface area contributed by atoms with Crippen LogP contribution in [-0.2, 0) is 10.3 Å². The summed E-state index contributed by atoms with van der Waals surface area (Å²) in [6.45, 7) is 2.30. The van der Waals surface area contributed by atoms with E-state index < -0.39 is 5.54 Å². The molecule has 1 unspecified atom stereocenters. The maximum atomic E-state index is 13.0. The molecular weight excluding hydrogens is 332 g/mol. The number of carbonyl (C=O) groups is 2. The molecule has 1 fully saturated rings. The number of rotatable bonds is 7. The molecule has 6 nitrogen and oxygen atoms in total. The maximum absolute atomic E-state index is 13.0. The van der Waals surface area contributed by atoms with Crippen LogP contribution in [0.1, 0.15) is 18.9 Å². The van der Waals surface area contributed by atoms with Crippen LogP contribution in [0.15, 0.2) is 54.6 Å². The first-order chi connectivity index (χ1) is 12.6. The number of benzene rings is 2. The first-order valence-corrected chi connectivity index (χ1v) is 8.57. The summed E-state index contributed by atoms with van der Waals surface area (Å²) in [6, 6.07) is 16.1. The summed E-state index contributed by atoms with van der Waals surface area (Å²) in [4.78, 5) is 26.6. The molecule has 6 heteroatoms. The van der Waals surface area contributed by atoms with E-state index in [1.54, 1.807) is 31.4 Å². The highest BCUT2D eigenvalue weighted by Crippen LogP contribution is 2.32. The van der Waals surface area contributed by atoms with Gasteiger partial charge in [-0.05, 0) is 36.2 Å². The summed E-state index contributed by atoms with van der Waals surface area (Å²) in [5.41, 5.74) is -0.210. The highest BCUT2D eigenvalue weighted by Gasteiger charge is 2.50. The van der Waals surface area contributed by atoms with E-state index in [0.717, 1.165) is 11.3 Å². The van der Waals surface area contributed by atoms with Crippen LogP contribution >= 0.6 is 0 Å². The Morgan fingerprint density at radius 1 is 1.00 bits per heavy atom. The van der Waals surface area contributed by atoms with Gasteiger partial charge in [-0.15, -0.1) is 0 Å². The first-order valence-electron chi connectivity index (χ1n) is 8.57. The van der Waals surface area contributed by atoms with Crippen molar-refractivity contribution in [2.45, 2.75) is 18.9 Å².